The third kappa shape index (κ3) is 8.48. The molecule has 0 spiro atoms. The van der Waals surface area contributed by atoms with Crippen molar-refractivity contribution < 1.29 is 33.4 Å². The summed E-state index contributed by atoms with van der Waals surface area (Å²) in [5.41, 5.74) is 7.47. The Hall–Kier alpha value is -4.09. The molecule has 43 heavy (non-hydrogen) atoms. The number of amides is 2. The normalized spacial score (nSPS) is 13.7. The van der Waals surface area contributed by atoms with E-state index in [0.29, 0.717) is 17.8 Å². The van der Waals surface area contributed by atoms with Gasteiger partial charge in [0.25, 0.3) is 0 Å². The summed E-state index contributed by atoms with van der Waals surface area (Å²) in [5, 5.41) is 21.6. The van der Waals surface area contributed by atoms with Gasteiger partial charge in [0.05, 0.1) is 12.1 Å². The van der Waals surface area contributed by atoms with E-state index in [4.69, 9.17) is 5.73 Å². The Bertz CT molecular complexity index is 1420. The van der Waals surface area contributed by atoms with Gasteiger partial charge in [0.2, 0.25) is 11.8 Å². The van der Waals surface area contributed by atoms with Crippen molar-refractivity contribution in [3.63, 3.8) is 0 Å². The highest BCUT2D eigenvalue weighted by Crippen LogP contribution is 2.41. The van der Waals surface area contributed by atoms with Crippen LogP contribution in [0.3, 0.4) is 0 Å². The molecule has 0 aliphatic carbocycles. The highest BCUT2D eigenvalue weighted by molar-refractivity contribution is 5.86. The molecule has 0 aliphatic heterocycles. The number of carbonyl (C=O) groups excluding carboxylic acids is 2. The molecule has 11 heteroatoms. The number of hydrogen-bond acceptors (Lipinski definition) is 5. The maximum Gasteiger partial charge on any atom is 0.326 e. The van der Waals surface area contributed by atoms with Gasteiger partial charge in [-0.05, 0) is 48.1 Å². The lowest BCUT2D eigenvalue weighted by atomic mass is 9.82. The Labute approximate surface area is 250 Å². The van der Waals surface area contributed by atoms with Gasteiger partial charge in [-0.2, -0.15) is 0 Å². The molecule has 1 aromatic heterocycles. The molecule has 0 radical (unpaired) electrons. The third-order valence-corrected chi connectivity index (χ3v) is 7.27. The molecule has 0 bridgehead atoms. The first-order valence-corrected chi connectivity index (χ1v) is 14.1. The largest absolute Gasteiger partial charge is 0.480 e. The summed E-state index contributed by atoms with van der Waals surface area (Å²) in [6.45, 7) is 6.84. The van der Waals surface area contributed by atoms with E-state index in [9.17, 15) is 33.4 Å². The number of carboxylic acids is 1. The van der Waals surface area contributed by atoms with Crippen LogP contribution in [0.1, 0.15) is 57.8 Å². The van der Waals surface area contributed by atoms with Gasteiger partial charge >= 0.3 is 5.97 Å². The van der Waals surface area contributed by atoms with Gasteiger partial charge in [0.15, 0.2) is 0 Å². The lowest BCUT2D eigenvalue weighted by Crippen LogP contribution is -2.50. The SMILES string of the molecule is CC[C@@H](NC(=O)[C@@H](N)CCN(C(=O)CO)[C@@H](c1cc(-c2cc(F)ccc2F)cn1Cc1ccccc1)C(C)(C)C)C(=O)O. The van der Waals surface area contributed by atoms with Crippen LogP contribution in [0.4, 0.5) is 8.78 Å². The number of aliphatic hydroxyl groups is 1. The number of nitrogens with zero attached hydrogens (tertiary/aromatic N) is 2. The van der Waals surface area contributed by atoms with Crippen LogP contribution in [0.15, 0.2) is 60.8 Å². The van der Waals surface area contributed by atoms with Crippen LogP contribution in [0, 0.1) is 17.0 Å². The number of aromatic nitrogens is 1. The lowest BCUT2D eigenvalue weighted by Gasteiger charge is -2.41. The maximum absolute atomic E-state index is 14.9. The molecule has 232 valence electrons. The van der Waals surface area contributed by atoms with Crippen molar-refractivity contribution in [3.8, 4) is 11.1 Å². The molecule has 5 N–H and O–H groups in total. The lowest BCUT2D eigenvalue weighted by molar-refractivity contribution is -0.142. The van der Waals surface area contributed by atoms with Gasteiger partial charge in [-0.1, -0.05) is 58.0 Å². The third-order valence-electron chi connectivity index (χ3n) is 7.27. The fourth-order valence-corrected chi connectivity index (χ4v) is 5.13. The Morgan fingerprint density at radius 1 is 1.07 bits per heavy atom. The van der Waals surface area contributed by atoms with Gasteiger partial charge in [-0.3, -0.25) is 9.59 Å². The summed E-state index contributed by atoms with van der Waals surface area (Å²) in [4.78, 5) is 38.7. The minimum absolute atomic E-state index is 0.0228. The molecule has 1 heterocycles. The molecule has 0 aliphatic rings. The molecule has 3 rings (SSSR count). The number of aliphatic hydroxyl groups excluding tert-OH is 1. The number of carboxylic acid groups (broad SMARTS) is 1. The summed E-state index contributed by atoms with van der Waals surface area (Å²) in [7, 11) is 0. The highest BCUT2D eigenvalue weighted by Gasteiger charge is 2.37. The van der Waals surface area contributed by atoms with Crippen LogP contribution in [0.2, 0.25) is 0 Å². The van der Waals surface area contributed by atoms with E-state index in [0.717, 1.165) is 23.8 Å². The fraction of sp³-hybridized carbons (Fsp3) is 0.406. The van der Waals surface area contributed by atoms with Gasteiger partial charge in [0.1, 0.15) is 24.3 Å². The van der Waals surface area contributed by atoms with E-state index in [-0.39, 0.29) is 24.9 Å². The molecule has 3 aromatic rings. The minimum atomic E-state index is -1.18. The molecule has 2 aromatic carbocycles. The van der Waals surface area contributed by atoms with Crippen molar-refractivity contribution in [2.45, 2.75) is 65.2 Å². The van der Waals surface area contributed by atoms with Crippen LogP contribution in [-0.4, -0.2) is 62.7 Å². The summed E-state index contributed by atoms with van der Waals surface area (Å²) >= 11 is 0. The van der Waals surface area contributed by atoms with E-state index in [1.807, 2.05) is 55.7 Å². The summed E-state index contributed by atoms with van der Waals surface area (Å²) in [5.74, 6) is -3.68. The molecule has 0 saturated heterocycles. The summed E-state index contributed by atoms with van der Waals surface area (Å²) in [6, 6.07) is 11.5. The number of hydrogen-bond donors (Lipinski definition) is 4. The quantitative estimate of drug-likeness (QED) is 0.234. The highest BCUT2D eigenvalue weighted by atomic mass is 19.1. The zero-order valence-corrected chi connectivity index (χ0v) is 24.9. The van der Waals surface area contributed by atoms with Crippen LogP contribution in [-0.2, 0) is 20.9 Å². The summed E-state index contributed by atoms with van der Waals surface area (Å²) < 4.78 is 30.9. The Morgan fingerprint density at radius 2 is 1.74 bits per heavy atom. The second-order valence-corrected chi connectivity index (χ2v) is 11.6. The van der Waals surface area contributed by atoms with Crippen LogP contribution < -0.4 is 11.1 Å². The number of aliphatic carboxylic acids is 1. The van der Waals surface area contributed by atoms with Crippen LogP contribution >= 0.6 is 0 Å². The molecule has 9 nitrogen and oxygen atoms in total. The van der Waals surface area contributed by atoms with E-state index in [1.165, 1.54) is 4.90 Å². The first kappa shape index (κ1) is 33.4. The average Bonchev–Trinajstić information content (AvgIpc) is 3.36. The number of rotatable bonds is 13. The van der Waals surface area contributed by atoms with Gasteiger partial charge < -0.3 is 30.7 Å². The van der Waals surface area contributed by atoms with Crippen LogP contribution in [0.5, 0.6) is 0 Å². The molecule has 0 fully saturated rings. The minimum Gasteiger partial charge on any atom is -0.480 e. The predicted molar refractivity (Wildman–Crippen MR) is 159 cm³/mol. The van der Waals surface area contributed by atoms with E-state index >= 15 is 0 Å². The molecule has 0 saturated carbocycles. The van der Waals surface area contributed by atoms with Crippen molar-refractivity contribution in [2.24, 2.45) is 11.1 Å². The van der Waals surface area contributed by atoms with E-state index < -0.39 is 59.6 Å². The van der Waals surface area contributed by atoms with Crippen molar-refractivity contribution >= 4 is 17.8 Å². The predicted octanol–water partition coefficient (Wildman–Crippen LogP) is 4.09. The number of carbonyl (C=O) groups is 3. The van der Waals surface area contributed by atoms with E-state index in [1.54, 1.807) is 19.2 Å². The maximum atomic E-state index is 14.9. The molecule has 3 atom stereocenters. The van der Waals surface area contributed by atoms with Gasteiger partial charge in [-0.15, -0.1) is 0 Å². The zero-order valence-electron chi connectivity index (χ0n) is 24.9. The zero-order chi connectivity index (χ0) is 31.9. The molecule has 0 unspecified atom stereocenters. The van der Waals surface area contributed by atoms with Crippen molar-refractivity contribution in [3.05, 3.63) is 83.7 Å². The Kier molecular flexibility index (Phi) is 11.2. The average molecular weight is 599 g/mol. The monoisotopic (exact) mass is 598 g/mol. The van der Waals surface area contributed by atoms with Gasteiger partial charge in [0, 0.05) is 36.1 Å². The second-order valence-electron chi connectivity index (χ2n) is 11.6. The van der Waals surface area contributed by atoms with E-state index in [2.05, 4.69) is 5.32 Å². The topological polar surface area (TPSA) is 138 Å². The van der Waals surface area contributed by atoms with Crippen molar-refractivity contribution in [2.75, 3.05) is 13.2 Å². The fourth-order valence-electron chi connectivity index (χ4n) is 5.13. The van der Waals surface area contributed by atoms with Crippen LogP contribution in [0.25, 0.3) is 11.1 Å². The van der Waals surface area contributed by atoms with Gasteiger partial charge in [-0.25, -0.2) is 13.6 Å². The molecule has 2 amide bonds. The van der Waals surface area contributed by atoms with Crippen molar-refractivity contribution in [1.29, 1.82) is 0 Å². The second kappa shape index (κ2) is 14.4. The Balaban J connectivity index is 2.06. The number of benzene rings is 2. The Morgan fingerprint density at radius 3 is 2.33 bits per heavy atom. The van der Waals surface area contributed by atoms with Crippen molar-refractivity contribution in [1.82, 2.24) is 14.8 Å². The number of halogens is 2. The first-order valence-electron chi connectivity index (χ1n) is 14.1. The standard InChI is InChI=1S/C32H40F2N4O5/c1-5-26(31(42)43)36-30(41)25(35)13-14-38(28(40)19-39)29(32(2,3)4)27-15-21(23-16-22(33)11-12-24(23)34)18-37(27)17-20-9-7-6-8-10-20/h6-12,15-16,18,25-26,29,39H,5,13-14,17,19,35H2,1-4H3,(H,36,41)(H,42,43)/t25-,26+,29-/m0/s1. The molecular formula is C32H40F2N4O5. The summed E-state index contributed by atoms with van der Waals surface area (Å²) in [6.07, 6.45) is 1.85. The first-order chi connectivity index (χ1) is 20.3. The number of nitrogens with one attached hydrogen (secondary N) is 1. The smallest absolute Gasteiger partial charge is 0.326 e. The molecular weight excluding hydrogens is 558 g/mol. The number of nitrogens with two attached hydrogens (primary N) is 1.